The van der Waals surface area contributed by atoms with E-state index in [0.717, 1.165) is 0 Å². The molecule has 0 N–H and O–H groups in total. The summed E-state index contributed by atoms with van der Waals surface area (Å²) in [7, 11) is 1.43. The first-order chi connectivity index (χ1) is 8.51. The monoisotopic (exact) mass is 252 g/mol. The predicted octanol–water partition coefficient (Wildman–Crippen LogP) is 2.97. The normalized spacial score (nSPS) is 10.0. The van der Waals surface area contributed by atoms with Gasteiger partial charge in [-0.25, -0.2) is 4.39 Å². The zero-order valence-electron chi connectivity index (χ0n) is 10.9. The average molecular weight is 252 g/mol. The van der Waals surface area contributed by atoms with E-state index in [1.807, 2.05) is 0 Å². The van der Waals surface area contributed by atoms with Crippen LogP contribution in [0.3, 0.4) is 0 Å². The highest BCUT2D eigenvalue weighted by atomic mass is 19.1. The molecule has 0 fully saturated rings. The fourth-order valence-corrected chi connectivity index (χ4v) is 1.65. The summed E-state index contributed by atoms with van der Waals surface area (Å²) < 4.78 is 24.1. The summed E-state index contributed by atoms with van der Waals surface area (Å²) in [5.74, 6) is -0.617. The molecule has 0 heterocycles. The van der Waals surface area contributed by atoms with Crippen molar-refractivity contribution in [2.45, 2.75) is 20.3 Å². The van der Waals surface area contributed by atoms with Crippen LogP contribution >= 0.6 is 0 Å². The number of methoxy groups -OCH3 is 1. The third kappa shape index (κ3) is 3.09. The van der Waals surface area contributed by atoms with Gasteiger partial charge in [-0.05, 0) is 31.6 Å². The smallest absolute Gasteiger partial charge is 0.310 e. The van der Waals surface area contributed by atoms with E-state index in [-0.39, 0.29) is 18.6 Å². The molecule has 0 aliphatic heterocycles. The molecule has 1 rings (SSSR count). The van der Waals surface area contributed by atoms with E-state index in [1.54, 1.807) is 26.0 Å². The minimum Gasteiger partial charge on any atom is -0.496 e. The number of hydrogen-bond donors (Lipinski definition) is 0. The second-order valence-electron chi connectivity index (χ2n) is 3.87. The maximum atomic E-state index is 14.2. The molecule has 4 heteroatoms. The lowest BCUT2D eigenvalue weighted by Gasteiger charge is -2.12. The predicted molar refractivity (Wildman–Crippen MR) is 68.0 cm³/mol. The van der Waals surface area contributed by atoms with Crippen LogP contribution in [0.4, 0.5) is 4.39 Å². The van der Waals surface area contributed by atoms with Gasteiger partial charge in [-0.15, -0.1) is 0 Å². The minimum absolute atomic E-state index is 0.149. The summed E-state index contributed by atoms with van der Waals surface area (Å²) in [6.45, 7) is 7.38. The summed E-state index contributed by atoms with van der Waals surface area (Å²) in [6.07, 6.45) is -0.149. The standard InChI is InChI=1S/C14H17FO3/c1-5-18-13(16)8-11-12(17-4)7-6-10(9(2)3)14(11)15/h6-7H,2,5,8H2,1,3-4H3. The molecule has 0 amide bonds. The molecule has 0 aliphatic rings. The van der Waals surface area contributed by atoms with Crippen LogP contribution in [0.15, 0.2) is 18.7 Å². The van der Waals surface area contributed by atoms with Crippen LogP contribution in [0.2, 0.25) is 0 Å². The molecule has 0 saturated heterocycles. The quantitative estimate of drug-likeness (QED) is 0.756. The second kappa shape index (κ2) is 6.19. The van der Waals surface area contributed by atoms with Crippen LogP contribution in [0.5, 0.6) is 5.75 Å². The van der Waals surface area contributed by atoms with Crippen molar-refractivity contribution in [3.8, 4) is 5.75 Å². The molecule has 0 unspecified atom stereocenters. The lowest BCUT2D eigenvalue weighted by molar-refractivity contribution is -0.142. The Labute approximate surface area is 106 Å². The van der Waals surface area contributed by atoms with Gasteiger partial charge in [-0.3, -0.25) is 4.79 Å². The number of carbonyl (C=O) groups is 1. The van der Waals surface area contributed by atoms with Gasteiger partial charge in [0, 0.05) is 11.1 Å². The number of allylic oxidation sites excluding steroid dienone is 1. The van der Waals surface area contributed by atoms with Crippen molar-refractivity contribution in [2.24, 2.45) is 0 Å². The molecule has 0 spiro atoms. The SMILES string of the molecule is C=C(C)c1ccc(OC)c(CC(=O)OCC)c1F. The number of ether oxygens (including phenoxy) is 2. The van der Waals surface area contributed by atoms with Crippen molar-refractivity contribution in [3.05, 3.63) is 35.7 Å². The lowest BCUT2D eigenvalue weighted by Crippen LogP contribution is -2.11. The summed E-state index contributed by atoms with van der Waals surface area (Å²) in [6, 6.07) is 3.22. The van der Waals surface area contributed by atoms with Gasteiger partial charge in [-0.1, -0.05) is 6.58 Å². The van der Waals surface area contributed by atoms with Crippen molar-refractivity contribution in [1.82, 2.24) is 0 Å². The van der Waals surface area contributed by atoms with Gasteiger partial charge in [0.05, 0.1) is 20.1 Å². The second-order valence-corrected chi connectivity index (χ2v) is 3.87. The average Bonchev–Trinajstić information content (AvgIpc) is 2.31. The van der Waals surface area contributed by atoms with Crippen LogP contribution in [-0.4, -0.2) is 19.7 Å². The Bertz CT molecular complexity index is 466. The number of benzene rings is 1. The highest BCUT2D eigenvalue weighted by molar-refractivity contribution is 5.75. The Balaban J connectivity index is 3.17. The first kappa shape index (κ1) is 14.2. The third-order valence-electron chi connectivity index (χ3n) is 2.51. The van der Waals surface area contributed by atoms with Crippen LogP contribution < -0.4 is 4.74 Å². The molecule has 1 aromatic rings. The molecule has 0 radical (unpaired) electrons. The molecular weight excluding hydrogens is 235 g/mol. The summed E-state index contributed by atoms with van der Waals surface area (Å²) in [4.78, 5) is 11.4. The van der Waals surface area contributed by atoms with Crippen molar-refractivity contribution < 1.29 is 18.7 Å². The fraction of sp³-hybridized carbons (Fsp3) is 0.357. The Morgan fingerprint density at radius 1 is 1.44 bits per heavy atom. The van der Waals surface area contributed by atoms with Crippen LogP contribution in [0.1, 0.15) is 25.0 Å². The largest absolute Gasteiger partial charge is 0.496 e. The first-order valence-electron chi connectivity index (χ1n) is 5.68. The summed E-state index contributed by atoms with van der Waals surface area (Å²) in [5.41, 5.74) is 1.19. The van der Waals surface area contributed by atoms with E-state index in [0.29, 0.717) is 16.9 Å². The zero-order valence-corrected chi connectivity index (χ0v) is 10.9. The lowest BCUT2D eigenvalue weighted by atomic mass is 10.0. The number of rotatable bonds is 5. The van der Waals surface area contributed by atoms with Crippen LogP contribution in [0, 0.1) is 5.82 Å². The van der Waals surface area contributed by atoms with E-state index in [1.165, 1.54) is 7.11 Å². The molecule has 98 valence electrons. The van der Waals surface area contributed by atoms with Crippen molar-refractivity contribution >= 4 is 11.5 Å². The van der Waals surface area contributed by atoms with E-state index in [9.17, 15) is 9.18 Å². The number of hydrogen-bond acceptors (Lipinski definition) is 3. The van der Waals surface area contributed by atoms with Gasteiger partial charge in [-0.2, -0.15) is 0 Å². The maximum absolute atomic E-state index is 14.2. The molecule has 0 bridgehead atoms. The highest BCUT2D eigenvalue weighted by Crippen LogP contribution is 2.28. The Morgan fingerprint density at radius 2 is 2.11 bits per heavy atom. The first-order valence-corrected chi connectivity index (χ1v) is 5.68. The van der Waals surface area contributed by atoms with Crippen molar-refractivity contribution in [2.75, 3.05) is 13.7 Å². The number of halogens is 1. The van der Waals surface area contributed by atoms with E-state index in [2.05, 4.69) is 6.58 Å². The van der Waals surface area contributed by atoms with Crippen molar-refractivity contribution in [3.63, 3.8) is 0 Å². The van der Waals surface area contributed by atoms with Gasteiger partial charge in [0.2, 0.25) is 0 Å². The molecule has 0 aliphatic carbocycles. The molecule has 0 saturated carbocycles. The van der Waals surface area contributed by atoms with Crippen LogP contribution in [0.25, 0.3) is 5.57 Å². The fourth-order valence-electron chi connectivity index (χ4n) is 1.65. The molecule has 0 aromatic heterocycles. The van der Waals surface area contributed by atoms with E-state index >= 15 is 0 Å². The minimum atomic E-state index is -0.478. The van der Waals surface area contributed by atoms with Crippen LogP contribution in [-0.2, 0) is 16.0 Å². The Morgan fingerprint density at radius 3 is 2.61 bits per heavy atom. The molecule has 18 heavy (non-hydrogen) atoms. The summed E-state index contributed by atoms with van der Waals surface area (Å²) in [5, 5.41) is 0. The third-order valence-corrected chi connectivity index (χ3v) is 2.51. The maximum Gasteiger partial charge on any atom is 0.310 e. The van der Waals surface area contributed by atoms with Gasteiger partial charge < -0.3 is 9.47 Å². The van der Waals surface area contributed by atoms with Gasteiger partial charge in [0.1, 0.15) is 11.6 Å². The number of esters is 1. The van der Waals surface area contributed by atoms with Gasteiger partial charge >= 0.3 is 5.97 Å². The number of carbonyl (C=O) groups excluding carboxylic acids is 1. The molecule has 3 nitrogen and oxygen atoms in total. The van der Waals surface area contributed by atoms with Crippen molar-refractivity contribution in [1.29, 1.82) is 0 Å². The zero-order chi connectivity index (χ0) is 13.7. The highest BCUT2D eigenvalue weighted by Gasteiger charge is 2.18. The Hall–Kier alpha value is -1.84. The molecule has 1 aromatic carbocycles. The van der Waals surface area contributed by atoms with Gasteiger partial charge in [0.15, 0.2) is 0 Å². The topological polar surface area (TPSA) is 35.5 Å². The Kier molecular flexibility index (Phi) is 4.89. The molecular formula is C14H17FO3. The van der Waals surface area contributed by atoms with E-state index < -0.39 is 11.8 Å². The van der Waals surface area contributed by atoms with E-state index in [4.69, 9.17) is 9.47 Å². The molecule has 0 atom stereocenters. The summed E-state index contributed by atoms with van der Waals surface area (Å²) >= 11 is 0. The van der Waals surface area contributed by atoms with Gasteiger partial charge in [0.25, 0.3) is 0 Å².